The number of hydrogen-bond donors (Lipinski definition) is 0. The number of ether oxygens (including phenoxy) is 1. The third-order valence-electron chi connectivity index (χ3n) is 6.80. The van der Waals surface area contributed by atoms with Gasteiger partial charge in [-0.15, -0.1) is 0 Å². The lowest BCUT2D eigenvalue weighted by Gasteiger charge is -2.35. The zero-order valence-electron chi connectivity index (χ0n) is 20.7. The fourth-order valence-electron chi connectivity index (χ4n) is 4.87. The molecule has 5 aromatic rings. The SMILES string of the molecule is O=C(COc1ccccc1F)N1CCN(c2ncnc3c2c(-c2ccccc2)cn3-c2ccccc2)CC1. The normalized spacial score (nSPS) is 13.6. The Balaban J connectivity index is 1.26. The third-order valence-corrected chi connectivity index (χ3v) is 6.80. The zero-order valence-corrected chi connectivity index (χ0v) is 20.7. The van der Waals surface area contributed by atoms with Gasteiger partial charge in [-0.1, -0.05) is 60.7 Å². The van der Waals surface area contributed by atoms with E-state index in [4.69, 9.17) is 9.72 Å². The predicted octanol–water partition coefficient (Wildman–Crippen LogP) is 4.95. The molecule has 0 unspecified atom stereocenters. The van der Waals surface area contributed by atoms with Crippen LogP contribution in [-0.2, 0) is 4.79 Å². The maximum absolute atomic E-state index is 13.8. The van der Waals surface area contributed by atoms with Crippen molar-refractivity contribution in [3.8, 4) is 22.6 Å². The van der Waals surface area contributed by atoms with Gasteiger partial charge in [-0.25, -0.2) is 14.4 Å². The summed E-state index contributed by atoms with van der Waals surface area (Å²) in [4.78, 5) is 26.1. The van der Waals surface area contributed by atoms with E-state index in [-0.39, 0.29) is 18.3 Å². The molecule has 3 aromatic carbocycles. The van der Waals surface area contributed by atoms with Gasteiger partial charge in [0.15, 0.2) is 23.8 Å². The van der Waals surface area contributed by atoms with Crippen molar-refractivity contribution in [3.63, 3.8) is 0 Å². The summed E-state index contributed by atoms with van der Waals surface area (Å²) in [5.41, 5.74) is 3.99. The van der Waals surface area contributed by atoms with E-state index in [0.29, 0.717) is 26.2 Å². The molecule has 7 nitrogen and oxygen atoms in total. The quantitative estimate of drug-likeness (QED) is 0.325. The van der Waals surface area contributed by atoms with Crippen molar-refractivity contribution in [1.82, 2.24) is 19.4 Å². The highest BCUT2D eigenvalue weighted by atomic mass is 19.1. The van der Waals surface area contributed by atoms with Crippen molar-refractivity contribution < 1.29 is 13.9 Å². The van der Waals surface area contributed by atoms with Crippen LogP contribution in [0.1, 0.15) is 0 Å². The summed E-state index contributed by atoms with van der Waals surface area (Å²) in [6, 6.07) is 26.5. The van der Waals surface area contributed by atoms with Gasteiger partial charge in [-0.2, -0.15) is 0 Å². The first-order valence-electron chi connectivity index (χ1n) is 12.6. The van der Waals surface area contributed by atoms with Crippen LogP contribution in [0.4, 0.5) is 10.2 Å². The van der Waals surface area contributed by atoms with Crippen LogP contribution in [0.2, 0.25) is 0 Å². The van der Waals surface area contributed by atoms with Crippen LogP contribution >= 0.6 is 0 Å². The molecule has 0 N–H and O–H groups in total. The number of carbonyl (C=O) groups is 1. The molecule has 1 fully saturated rings. The van der Waals surface area contributed by atoms with E-state index in [2.05, 4.69) is 44.9 Å². The number of amides is 1. The number of anilines is 1. The molecule has 1 aliphatic rings. The second kappa shape index (κ2) is 10.3. The molecule has 6 rings (SSSR count). The van der Waals surface area contributed by atoms with Crippen molar-refractivity contribution >= 4 is 22.8 Å². The summed E-state index contributed by atoms with van der Waals surface area (Å²) in [6.07, 6.45) is 3.72. The summed E-state index contributed by atoms with van der Waals surface area (Å²) >= 11 is 0. The number of benzene rings is 3. The second-order valence-corrected chi connectivity index (χ2v) is 9.10. The Morgan fingerprint density at radius 1 is 0.842 bits per heavy atom. The highest BCUT2D eigenvalue weighted by Gasteiger charge is 2.26. The van der Waals surface area contributed by atoms with Crippen molar-refractivity contribution in [2.75, 3.05) is 37.7 Å². The summed E-state index contributed by atoms with van der Waals surface area (Å²) in [5, 5.41) is 0.977. The van der Waals surface area contributed by atoms with Gasteiger partial charge in [-0.3, -0.25) is 4.79 Å². The number of rotatable bonds is 6. The lowest BCUT2D eigenvalue weighted by atomic mass is 10.1. The van der Waals surface area contributed by atoms with Gasteiger partial charge in [0.25, 0.3) is 5.91 Å². The smallest absolute Gasteiger partial charge is 0.260 e. The fourth-order valence-corrected chi connectivity index (χ4v) is 4.87. The highest BCUT2D eigenvalue weighted by Crippen LogP contribution is 2.37. The molecule has 0 radical (unpaired) electrons. The van der Waals surface area contributed by atoms with Gasteiger partial charge < -0.3 is 19.1 Å². The van der Waals surface area contributed by atoms with E-state index in [1.54, 1.807) is 23.4 Å². The van der Waals surface area contributed by atoms with E-state index in [1.165, 1.54) is 12.1 Å². The molecule has 0 saturated carbocycles. The predicted molar refractivity (Wildman–Crippen MR) is 145 cm³/mol. The van der Waals surface area contributed by atoms with Crippen LogP contribution in [0, 0.1) is 5.82 Å². The minimum atomic E-state index is -0.477. The van der Waals surface area contributed by atoms with E-state index >= 15 is 0 Å². The van der Waals surface area contributed by atoms with Crippen molar-refractivity contribution in [3.05, 3.63) is 103 Å². The minimum Gasteiger partial charge on any atom is -0.481 e. The Labute approximate surface area is 219 Å². The standard InChI is InChI=1S/C30H26FN5O2/c31-25-13-7-8-14-26(25)38-20-27(37)34-15-17-35(18-16-34)29-28-24(22-9-3-1-4-10-22)19-36(30(28)33-21-32-29)23-11-5-2-6-12-23/h1-14,19,21H,15-18,20H2. The Bertz CT molecular complexity index is 1560. The molecule has 1 amide bonds. The van der Waals surface area contributed by atoms with Crippen molar-refractivity contribution in [2.45, 2.75) is 0 Å². The van der Waals surface area contributed by atoms with Gasteiger partial charge in [0, 0.05) is 43.6 Å². The summed E-state index contributed by atoms with van der Waals surface area (Å²) in [5.74, 6) is 0.285. The van der Waals surface area contributed by atoms with Crippen LogP contribution < -0.4 is 9.64 Å². The fraction of sp³-hybridized carbons (Fsp3) is 0.167. The third kappa shape index (κ3) is 4.56. The number of nitrogens with zero attached hydrogens (tertiary/aromatic N) is 5. The summed E-state index contributed by atoms with van der Waals surface area (Å²) in [7, 11) is 0. The van der Waals surface area contributed by atoms with Crippen LogP contribution in [0.5, 0.6) is 5.75 Å². The first-order valence-corrected chi connectivity index (χ1v) is 12.6. The molecule has 0 spiro atoms. The maximum atomic E-state index is 13.8. The topological polar surface area (TPSA) is 63.5 Å². The maximum Gasteiger partial charge on any atom is 0.260 e. The molecule has 2 aromatic heterocycles. The molecule has 0 bridgehead atoms. The van der Waals surface area contributed by atoms with Crippen molar-refractivity contribution in [2.24, 2.45) is 0 Å². The minimum absolute atomic E-state index is 0.0826. The number of aromatic nitrogens is 3. The van der Waals surface area contributed by atoms with Crippen LogP contribution in [0.25, 0.3) is 27.8 Å². The number of halogens is 1. The summed E-state index contributed by atoms with van der Waals surface area (Å²) < 4.78 is 21.4. The van der Waals surface area contributed by atoms with E-state index in [1.807, 2.05) is 36.4 Å². The molecular weight excluding hydrogens is 481 g/mol. The number of piperazine rings is 1. The lowest BCUT2D eigenvalue weighted by Crippen LogP contribution is -2.50. The van der Waals surface area contributed by atoms with Crippen LogP contribution in [0.15, 0.2) is 97.5 Å². The van der Waals surface area contributed by atoms with Gasteiger partial charge in [0.05, 0.1) is 5.39 Å². The van der Waals surface area contributed by atoms with E-state index in [0.717, 1.165) is 33.7 Å². The molecule has 190 valence electrons. The number of fused-ring (bicyclic) bond motifs is 1. The molecule has 3 heterocycles. The van der Waals surface area contributed by atoms with Crippen LogP contribution in [-0.4, -0.2) is 58.1 Å². The molecule has 0 aliphatic carbocycles. The Morgan fingerprint density at radius 3 is 2.26 bits per heavy atom. The average molecular weight is 508 g/mol. The van der Waals surface area contributed by atoms with E-state index < -0.39 is 5.82 Å². The monoisotopic (exact) mass is 507 g/mol. The molecule has 1 saturated heterocycles. The van der Waals surface area contributed by atoms with E-state index in [9.17, 15) is 9.18 Å². The molecule has 8 heteroatoms. The zero-order chi connectivity index (χ0) is 25.9. The lowest BCUT2D eigenvalue weighted by molar-refractivity contribution is -0.133. The first-order chi connectivity index (χ1) is 18.7. The van der Waals surface area contributed by atoms with Gasteiger partial charge >= 0.3 is 0 Å². The Kier molecular flexibility index (Phi) is 6.44. The molecular formula is C30H26FN5O2. The second-order valence-electron chi connectivity index (χ2n) is 9.10. The van der Waals surface area contributed by atoms with Crippen molar-refractivity contribution in [1.29, 1.82) is 0 Å². The Hall–Kier alpha value is -4.72. The average Bonchev–Trinajstić information content (AvgIpc) is 3.38. The number of carbonyl (C=O) groups excluding carboxylic acids is 1. The first kappa shape index (κ1) is 23.7. The highest BCUT2D eigenvalue weighted by molar-refractivity contribution is 6.02. The van der Waals surface area contributed by atoms with Gasteiger partial charge in [-0.05, 0) is 29.8 Å². The largest absolute Gasteiger partial charge is 0.481 e. The molecule has 38 heavy (non-hydrogen) atoms. The summed E-state index contributed by atoms with van der Waals surface area (Å²) in [6.45, 7) is 2.07. The Morgan fingerprint density at radius 2 is 1.53 bits per heavy atom. The van der Waals surface area contributed by atoms with Gasteiger partial charge in [0.1, 0.15) is 12.1 Å². The van der Waals surface area contributed by atoms with Crippen LogP contribution in [0.3, 0.4) is 0 Å². The number of hydrogen-bond acceptors (Lipinski definition) is 5. The molecule has 0 atom stereocenters. The number of para-hydroxylation sites is 2. The van der Waals surface area contributed by atoms with Gasteiger partial charge in [0.2, 0.25) is 0 Å². The molecule has 1 aliphatic heterocycles.